The van der Waals surface area contributed by atoms with Crippen LogP contribution in [-0.4, -0.2) is 36.9 Å². The minimum atomic E-state index is -0.235. The zero-order valence-electron chi connectivity index (χ0n) is 15.6. The molecule has 0 unspecified atom stereocenters. The molecule has 138 valence electrons. The lowest BCUT2D eigenvalue weighted by Gasteiger charge is -2.17. The average Bonchev–Trinajstić information content (AvgIpc) is 2.62. The number of rotatable bonds is 8. The summed E-state index contributed by atoms with van der Waals surface area (Å²) < 4.78 is 5.65. The van der Waals surface area contributed by atoms with Crippen LogP contribution in [0.2, 0.25) is 0 Å². The molecular formula is C21H26N2O3. The van der Waals surface area contributed by atoms with E-state index in [-0.39, 0.29) is 18.4 Å². The highest BCUT2D eigenvalue weighted by atomic mass is 16.5. The number of para-hydroxylation sites is 1. The van der Waals surface area contributed by atoms with Crippen molar-refractivity contribution < 1.29 is 14.3 Å². The number of likely N-dealkylation sites (N-methyl/N-ethyl adjacent to an activating group) is 1. The molecule has 0 spiro atoms. The van der Waals surface area contributed by atoms with Crippen LogP contribution in [0.5, 0.6) is 5.75 Å². The minimum Gasteiger partial charge on any atom is -0.494 e. The topological polar surface area (TPSA) is 58.6 Å². The molecule has 0 fully saturated rings. The summed E-state index contributed by atoms with van der Waals surface area (Å²) >= 11 is 0. The Morgan fingerprint density at radius 3 is 2.31 bits per heavy atom. The first-order chi connectivity index (χ1) is 12.5. The summed E-state index contributed by atoms with van der Waals surface area (Å²) in [5.74, 6) is 0.890. The zero-order valence-corrected chi connectivity index (χ0v) is 15.6. The molecule has 0 saturated carbocycles. The number of nitrogens with zero attached hydrogens (tertiary/aromatic N) is 1. The monoisotopic (exact) mass is 354 g/mol. The largest absolute Gasteiger partial charge is 0.494 e. The van der Waals surface area contributed by atoms with Crippen LogP contribution < -0.4 is 10.1 Å². The van der Waals surface area contributed by atoms with Gasteiger partial charge in [-0.15, -0.1) is 0 Å². The maximum absolute atomic E-state index is 12.5. The molecule has 0 saturated heterocycles. The third-order valence-electron chi connectivity index (χ3n) is 3.85. The molecular weight excluding hydrogens is 328 g/mol. The SMILES string of the molecule is CC(C)CCOc1ccc(C(=O)N(C)CC(=O)Nc2ccccc2)cc1. The van der Waals surface area contributed by atoms with Gasteiger partial charge in [0.25, 0.3) is 5.91 Å². The van der Waals surface area contributed by atoms with E-state index in [9.17, 15) is 9.59 Å². The zero-order chi connectivity index (χ0) is 18.9. The predicted octanol–water partition coefficient (Wildman–Crippen LogP) is 3.82. The number of nitrogens with one attached hydrogen (secondary N) is 1. The van der Waals surface area contributed by atoms with E-state index >= 15 is 0 Å². The summed E-state index contributed by atoms with van der Waals surface area (Å²) in [5.41, 5.74) is 1.23. The fraction of sp³-hybridized carbons (Fsp3) is 0.333. The number of amides is 2. The van der Waals surface area contributed by atoms with E-state index in [1.807, 2.05) is 18.2 Å². The number of benzene rings is 2. The number of carbonyl (C=O) groups is 2. The lowest BCUT2D eigenvalue weighted by Crippen LogP contribution is -2.34. The van der Waals surface area contributed by atoms with E-state index in [1.54, 1.807) is 43.4 Å². The maximum Gasteiger partial charge on any atom is 0.254 e. The Morgan fingerprint density at radius 2 is 1.69 bits per heavy atom. The van der Waals surface area contributed by atoms with Crippen LogP contribution in [0.15, 0.2) is 54.6 Å². The van der Waals surface area contributed by atoms with Gasteiger partial charge in [-0.25, -0.2) is 0 Å². The van der Waals surface area contributed by atoms with Gasteiger partial charge in [0.05, 0.1) is 13.2 Å². The maximum atomic E-state index is 12.5. The summed E-state index contributed by atoms with van der Waals surface area (Å²) in [5, 5.41) is 2.77. The van der Waals surface area contributed by atoms with Crippen LogP contribution in [-0.2, 0) is 4.79 Å². The third-order valence-corrected chi connectivity index (χ3v) is 3.85. The number of anilines is 1. The highest BCUT2D eigenvalue weighted by molar-refractivity contribution is 5.99. The van der Waals surface area contributed by atoms with E-state index in [1.165, 1.54) is 4.90 Å². The van der Waals surface area contributed by atoms with Crippen LogP contribution in [0, 0.1) is 5.92 Å². The highest BCUT2D eigenvalue weighted by Gasteiger charge is 2.15. The van der Waals surface area contributed by atoms with Crippen molar-refractivity contribution in [1.29, 1.82) is 0 Å². The molecule has 5 heteroatoms. The van der Waals surface area contributed by atoms with Crippen LogP contribution >= 0.6 is 0 Å². The van der Waals surface area contributed by atoms with Crippen molar-refractivity contribution in [1.82, 2.24) is 4.90 Å². The van der Waals surface area contributed by atoms with Crippen molar-refractivity contribution >= 4 is 17.5 Å². The van der Waals surface area contributed by atoms with Gasteiger partial charge in [-0.1, -0.05) is 32.0 Å². The van der Waals surface area contributed by atoms with E-state index in [2.05, 4.69) is 19.2 Å². The smallest absolute Gasteiger partial charge is 0.254 e. The van der Waals surface area contributed by atoms with Gasteiger partial charge in [0, 0.05) is 18.3 Å². The van der Waals surface area contributed by atoms with Gasteiger partial charge < -0.3 is 15.0 Å². The normalized spacial score (nSPS) is 10.5. The number of hydrogen-bond donors (Lipinski definition) is 1. The molecule has 0 aliphatic rings. The molecule has 1 N–H and O–H groups in total. The van der Waals surface area contributed by atoms with Crippen LogP contribution in [0.3, 0.4) is 0 Å². The minimum absolute atomic E-state index is 0.0135. The molecule has 0 aliphatic carbocycles. The summed E-state index contributed by atoms with van der Waals surface area (Å²) in [7, 11) is 1.61. The van der Waals surface area contributed by atoms with Gasteiger partial charge in [0.2, 0.25) is 5.91 Å². The Bertz CT molecular complexity index is 712. The Morgan fingerprint density at radius 1 is 1.04 bits per heavy atom. The Labute approximate surface area is 155 Å². The first kappa shape index (κ1) is 19.5. The molecule has 0 radical (unpaired) electrons. The van der Waals surface area contributed by atoms with Crippen molar-refractivity contribution in [3.63, 3.8) is 0 Å². The van der Waals surface area contributed by atoms with Gasteiger partial charge in [-0.2, -0.15) is 0 Å². The van der Waals surface area contributed by atoms with E-state index in [0.29, 0.717) is 23.8 Å². The molecule has 0 bridgehead atoms. The quantitative estimate of drug-likeness (QED) is 0.784. The molecule has 2 amide bonds. The summed E-state index contributed by atoms with van der Waals surface area (Å²) in [6.07, 6.45) is 0.986. The van der Waals surface area contributed by atoms with Crippen molar-refractivity contribution in [3.05, 3.63) is 60.2 Å². The van der Waals surface area contributed by atoms with E-state index in [4.69, 9.17) is 4.74 Å². The average molecular weight is 354 g/mol. The van der Waals surface area contributed by atoms with Crippen molar-refractivity contribution in [2.45, 2.75) is 20.3 Å². The second-order valence-electron chi connectivity index (χ2n) is 6.63. The molecule has 5 nitrogen and oxygen atoms in total. The Balaban J connectivity index is 1.86. The van der Waals surface area contributed by atoms with Gasteiger partial charge in [0.15, 0.2) is 0 Å². The van der Waals surface area contributed by atoms with Crippen LogP contribution in [0.4, 0.5) is 5.69 Å². The first-order valence-corrected chi connectivity index (χ1v) is 8.79. The molecule has 2 aromatic carbocycles. The highest BCUT2D eigenvalue weighted by Crippen LogP contribution is 2.14. The second kappa shape index (κ2) is 9.61. The third kappa shape index (κ3) is 6.24. The lowest BCUT2D eigenvalue weighted by atomic mass is 10.1. The fourth-order valence-electron chi connectivity index (χ4n) is 2.34. The fourth-order valence-corrected chi connectivity index (χ4v) is 2.34. The lowest BCUT2D eigenvalue weighted by molar-refractivity contribution is -0.116. The molecule has 2 aromatic rings. The molecule has 0 atom stereocenters. The molecule has 0 heterocycles. The molecule has 0 aliphatic heterocycles. The van der Waals surface area contributed by atoms with Gasteiger partial charge in [-0.05, 0) is 48.7 Å². The van der Waals surface area contributed by atoms with Crippen LogP contribution in [0.1, 0.15) is 30.6 Å². The summed E-state index contributed by atoms with van der Waals surface area (Å²) in [4.78, 5) is 25.9. The standard InChI is InChI=1S/C21H26N2O3/c1-16(2)13-14-26-19-11-9-17(10-12-19)21(25)23(3)15-20(24)22-18-7-5-4-6-8-18/h4-12,16H,13-15H2,1-3H3,(H,22,24). The van der Waals surface area contributed by atoms with Gasteiger partial charge in [-0.3, -0.25) is 9.59 Å². The van der Waals surface area contributed by atoms with Gasteiger partial charge in [0.1, 0.15) is 5.75 Å². The van der Waals surface area contributed by atoms with E-state index in [0.717, 1.165) is 12.2 Å². The number of carbonyl (C=O) groups excluding carboxylic acids is 2. The van der Waals surface area contributed by atoms with Crippen molar-refractivity contribution in [2.24, 2.45) is 5.92 Å². The van der Waals surface area contributed by atoms with Crippen molar-refractivity contribution in [3.8, 4) is 5.75 Å². The number of ether oxygens (including phenoxy) is 1. The molecule has 26 heavy (non-hydrogen) atoms. The number of hydrogen-bond acceptors (Lipinski definition) is 3. The summed E-state index contributed by atoms with van der Waals surface area (Å²) in [6, 6.07) is 16.2. The van der Waals surface area contributed by atoms with E-state index < -0.39 is 0 Å². The Hall–Kier alpha value is -2.82. The van der Waals surface area contributed by atoms with Gasteiger partial charge >= 0.3 is 0 Å². The predicted molar refractivity (Wildman–Crippen MR) is 103 cm³/mol. The summed E-state index contributed by atoms with van der Waals surface area (Å²) in [6.45, 7) is 4.94. The Kier molecular flexibility index (Phi) is 7.21. The molecule has 0 aromatic heterocycles. The van der Waals surface area contributed by atoms with Crippen LogP contribution in [0.25, 0.3) is 0 Å². The molecule has 2 rings (SSSR count). The first-order valence-electron chi connectivity index (χ1n) is 8.79. The second-order valence-corrected chi connectivity index (χ2v) is 6.63. The van der Waals surface area contributed by atoms with Crippen molar-refractivity contribution in [2.75, 3.05) is 25.5 Å².